The first-order valence-corrected chi connectivity index (χ1v) is 5.75. The highest BCUT2D eigenvalue weighted by Gasteiger charge is 2.17. The van der Waals surface area contributed by atoms with E-state index in [9.17, 15) is 4.79 Å². The lowest BCUT2D eigenvalue weighted by molar-refractivity contribution is 0.0960. The van der Waals surface area contributed by atoms with Gasteiger partial charge in [0.25, 0.3) is 5.56 Å². The fourth-order valence-corrected chi connectivity index (χ4v) is 2.15. The highest BCUT2D eigenvalue weighted by molar-refractivity contribution is 5.75. The molecule has 0 aliphatic carbocycles. The summed E-state index contributed by atoms with van der Waals surface area (Å²) < 4.78 is 7.15. The standard InChI is InChI=1S/C12H13N3O2/c16-12-10-3-4-13-6-11(10)14-8-15(12)7-9-2-1-5-17-9/h3-4,6,8-9H,1-2,5,7H2/t9-/m1/s1. The van der Waals surface area contributed by atoms with Gasteiger partial charge in [-0.25, -0.2) is 4.98 Å². The third kappa shape index (κ3) is 1.93. The summed E-state index contributed by atoms with van der Waals surface area (Å²) in [4.78, 5) is 20.3. The van der Waals surface area contributed by atoms with Gasteiger partial charge in [-0.15, -0.1) is 0 Å². The minimum absolute atomic E-state index is 0.0205. The van der Waals surface area contributed by atoms with E-state index in [1.165, 1.54) is 0 Å². The third-order valence-corrected chi connectivity index (χ3v) is 3.05. The summed E-state index contributed by atoms with van der Waals surface area (Å²) in [5, 5.41) is 0.612. The quantitative estimate of drug-likeness (QED) is 0.772. The molecule has 2 aromatic heterocycles. The Morgan fingerprint density at radius 2 is 2.47 bits per heavy atom. The van der Waals surface area contributed by atoms with Crippen LogP contribution in [0.25, 0.3) is 10.9 Å². The van der Waals surface area contributed by atoms with Gasteiger partial charge in [-0.2, -0.15) is 0 Å². The van der Waals surface area contributed by atoms with Gasteiger partial charge in [-0.05, 0) is 18.9 Å². The Labute approximate surface area is 98.1 Å². The summed E-state index contributed by atoms with van der Waals surface area (Å²) in [6, 6.07) is 1.71. The molecular weight excluding hydrogens is 218 g/mol. The van der Waals surface area contributed by atoms with Crippen LogP contribution in [0.2, 0.25) is 0 Å². The maximum Gasteiger partial charge on any atom is 0.261 e. The molecule has 3 rings (SSSR count). The normalized spacial score (nSPS) is 19.9. The summed E-state index contributed by atoms with van der Waals surface area (Å²) >= 11 is 0. The van der Waals surface area contributed by atoms with Crippen LogP contribution in [0.3, 0.4) is 0 Å². The summed E-state index contributed by atoms with van der Waals surface area (Å²) in [5.74, 6) is 0. The lowest BCUT2D eigenvalue weighted by Gasteiger charge is -2.11. The molecule has 1 saturated heterocycles. The molecule has 0 radical (unpaired) electrons. The molecule has 1 fully saturated rings. The van der Waals surface area contributed by atoms with Gasteiger partial charge in [-0.3, -0.25) is 14.3 Å². The average Bonchev–Trinajstić information content (AvgIpc) is 2.86. The van der Waals surface area contributed by atoms with Crippen molar-refractivity contribution in [1.29, 1.82) is 0 Å². The fraction of sp³-hybridized carbons (Fsp3) is 0.417. The monoisotopic (exact) mass is 231 g/mol. The van der Waals surface area contributed by atoms with E-state index in [2.05, 4.69) is 9.97 Å². The summed E-state index contributed by atoms with van der Waals surface area (Å²) in [7, 11) is 0. The Bertz CT molecular complexity index is 588. The predicted molar refractivity (Wildman–Crippen MR) is 62.8 cm³/mol. The predicted octanol–water partition coefficient (Wildman–Crippen LogP) is 0.970. The number of pyridine rings is 1. The molecule has 0 saturated carbocycles. The van der Waals surface area contributed by atoms with Crippen LogP contribution in [-0.2, 0) is 11.3 Å². The van der Waals surface area contributed by atoms with Gasteiger partial charge in [0.05, 0.1) is 36.1 Å². The minimum atomic E-state index is -0.0205. The zero-order valence-electron chi connectivity index (χ0n) is 9.37. The number of ether oxygens (including phenoxy) is 1. The molecule has 0 N–H and O–H groups in total. The molecule has 5 heteroatoms. The number of rotatable bonds is 2. The van der Waals surface area contributed by atoms with Gasteiger partial charge in [0, 0.05) is 12.8 Å². The molecule has 3 heterocycles. The largest absolute Gasteiger partial charge is 0.376 e. The Hall–Kier alpha value is -1.75. The topological polar surface area (TPSA) is 57.0 Å². The molecule has 0 amide bonds. The summed E-state index contributed by atoms with van der Waals surface area (Å²) in [6.07, 6.45) is 7.03. The number of hydrogen-bond acceptors (Lipinski definition) is 4. The molecule has 88 valence electrons. The van der Waals surface area contributed by atoms with Crippen LogP contribution in [0.4, 0.5) is 0 Å². The molecule has 1 atom stereocenters. The van der Waals surface area contributed by atoms with Gasteiger partial charge < -0.3 is 4.74 Å². The lowest BCUT2D eigenvalue weighted by Crippen LogP contribution is -2.26. The van der Waals surface area contributed by atoms with Crippen molar-refractivity contribution in [3.05, 3.63) is 35.1 Å². The van der Waals surface area contributed by atoms with Crippen LogP contribution in [0.15, 0.2) is 29.6 Å². The number of hydrogen-bond donors (Lipinski definition) is 0. The Balaban J connectivity index is 1.99. The molecular formula is C12H13N3O2. The Morgan fingerprint density at radius 3 is 3.29 bits per heavy atom. The molecule has 1 aliphatic rings. The molecule has 2 aromatic rings. The maximum atomic E-state index is 12.2. The van der Waals surface area contributed by atoms with Gasteiger partial charge >= 0.3 is 0 Å². The number of aromatic nitrogens is 3. The van der Waals surface area contributed by atoms with Crippen LogP contribution < -0.4 is 5.56 Å². The summed E-state index contributed by atoms with van der Waals surface area (Å²) in [6.45, 7) is 1.38. The number of nitrogens with zero attached hydrogens (tertiary/aromatic N) is 3. The fourth-order valence-electron chi connectivity index (χ4n) is 2.15. The van der Waals surface area contributed by atoms with E-state index in [1.807, 2.05) is 0 Å². The van der Waals surface area contributed by atoms with Crippen molar-refractivity contribution in [3.63, 3.8) is 0 Å². The smallest absolute Gasteiger partial charge is 0.261 e. The van der Waals surface area contributed by atoms with Crippen molar-refractivity contribution in [2.24, 2.45) is 0 Å². The average molecular weight is 231 g/mol. The zero-order valence-corrected chi connectivity index (χ0v) is 9.37. The second-order valence-electron chi connectivity index (χ2n) is 4.23. The van der Waals surface area contributed by atoms with Crippen LogP contribution in [0, 0.1) is 0 Å². The zero-order chi connectivity index (χ0) is 11.7. The first-order valence-electron chi connectivity index (χ1n) is 5.75. The van der Waals surface area contributed by atoms with E-state index in [0.717, 1.165) is 19.4 Å². The molecule has 5 nitrogen and oxygen atoms in total. The second-order valence-corrected chi connectivity index (χ2v) is 4.23. The first-order chi connectivity index (χ1) is 8.34. The van der Waals surface area contributed by atoms with Gasteiger partial charge in [0.1, 0.15) is 0 Å². The lowest BCUT2D eigenvalue weighted by atomic mass is 10.2. The van der Waals surface area contributed by atoms with Crippen molar-refractivity contribution >= 4 is 10.9 Å². The molecule has 0 spiro atoms. The van der Waals surface area contributed by atoms with Gasteiger partial charge in [0.2, 0.25) is 0 Å². The van der Waals surface area contributed by atoms with Gasteiger partial charge in [-0.1, -0.05) is 0 Å². The minimum Gasteiger partial charge on any atom is -0.376 e. The Kier molecular flexibility index (Phi) is 2.60. The van der Waals surface area contributed by atoms with E-state index in [1.54, 1.807) is 29.4 Å². The molecule has 0 unspecified atom stereocenters. The molecule has 0 aromatic carbocycles. The van der Waals surface area contributed by atoms with Crippen LogP contribution in [-0.4, -0.2) is 27.2 Å². The van der Waals surface area contributed by atoms with Crippen molar-refractivity contribution in [1.82, 2.24) is 14.5 Å². The van der Waals surface area contributed by atoms with E-state index < -0.39 is 0 Å². The van der Waals surface area contributed by atoms with E-state index in [4.69, 9.17) is 4.74 Å². The third-order valence-electron chi connectivity index (χ3n) is 3.05. The molecule has 1 aliphatic heterocycles. The number of fused-ring (bicyclic) bond motifs is 1. The SMILES string of the molecule is O=c1c2ccncc2ncn1C[C@H]1CCCO1. The molecule has 0 bridgehead atoms. The van der Waals surface area contributed by atoms with Crippen molar-refractivity contribution in [3.8, 4) is 0 Å². The van der Waals surface area contributed by atoms with Gasteiger partial charge in [0.15, 0.2) is 0 Å². The second kappa shape index (κ2) is 4.25. The van der Waals surface area contributed by atoms with E-state index >= 15 is 0 Å². The Morgan fingerprint density at radius 1 is 1.53 bits per heavy atom. The van der Waals surface area contributed by atoms with E-state index in [-0.39, 0.29) is 11.7 Å². The highest BCUT2D eigenvalue weighted by atomic mass is 16.5. The van der Waals surface area contributed by atoms with Crippen LogP contribution in [0.5, 0.6) is 0 Å². The van der Waals surface area contributed by atoms with Crippen molar-refractivity contribution < 1.29 is 4.74 Å². The summed E-state index contributed by atoms with van der Waals surface area (Å²) in [5.41, 5.74) is 0.619. The van der Waals surface area contributed by atoms with Crippen LogP contribution >= 0.6 is 0 Å². The first kappa shape index (κ1) is 10.4. The molecule has 17 heavy (non-hydrogen) atoms. The highest BCUT2D eigenvalue weighted by Crippen LogP contribution is 2.13. The van der Waals surface area contributed by atoms with E-state index in [0.29, 0.717) is 17.4 Å². The van der Waals surface area contributed by atoms with Crippen molar-refractivity contribution in [2.75, 3.05) is 6.61 Å². The van der Waals surface area contributed by atoms with Crippen molar-refractivity contribution in [2.45, 2.75) is 25.5 Å². The van der Waals surface area contributed by atoms with Crippen LogP contribution in [0.1, 0.15) is 12.8 Å². The maximum absolute atomic E-state index is 12.2.